The van der Waals surface area contributed by atoms with Crippen LogP contribution < -0.4 is 0 Å². The highest BCUT2D eigenvalue weighted by Gasteiger charge is 2.06. The molecule has 1 aromatic carbocycles. The molecule has 0 bridgehead atoms. The second-order valence-corrected chi connectivity index (χ2v) is 3.40. The van der Waals surface area contributed by atoms with Gasteiger partial charge in [0.1, 0.15) is 0 Å². The Morgan fingerprint density at radius 1 is 0.923 bits per heavy atom. The maximum atomic E-state index is 4.08. The van der Waals surface area contributed by atoms with Crippen molar-refractivity contribution in [3.8, 4) is 0 Å². The molecular weight excluding hydrogens is 156 g/mol. The average molecular weight is 175 g/mol. The van der Waals surface area contributed by atoms with E-state index in [1.54, 1.807) is 0 Å². The SMILES string of the molecule is [CH2]c1ccc(CC)c(CC)c1CC. The van der Waals surface area contributed by atoms with Gasteiger partial charge in [0.05, 0.1) is 0 Å². The Bertz CT molecular complexity index is 284. The number of benzene rings is 1. The molecule has 0 aromatic heterocycles. The van der Waals surface area contributed by atoms with Crippen molar-refractivity contribution in [2.75, 3.05) is 0 Å². The first-order chi connectivity index (χ1) is 6.24. The smallest absolute Gasteiger partial charge is 0.0235 e. The van der Waals surface area contributed by atoms with E-state index in [4.69, 9.17) is 0 Å². The van der Waals surface area contributed by atoms with Crippen molar-refractivity contribution in [3.63, 3.8) is 0 Å². The molecule has 1 aromatic rings. The van der Waals surface area contributed by atoms with E-state index in [0.29, 0.717) is 0 Å². The minimum Gasteiger partial charge on any atom is -0.0613 e. The van der Waals surface area contributed by atoms with E-state index in [9.17, 15) is 0 Å². The van der Waals surface area contributed by atoms with Gasteiger partial charge in [0.2, 0.25) is 0 Å². The highest BCUT2D eigenvalue weighted by atomic mass is 14.1. The molecule has 1 radical (unpaired) electrons. The Balaban J connectivity index is 3.27. The zero-order valence-corrected chi connectivity index (χ0v) is 8.98. The lowest BCUT2D eigenvalue weighted by Crippen LogP contribution is -1.99. The molecule has 0 N–H and O–H groups in total. The van der Waals surface area contributed by atoms with E-state index >= 15 is 0 Å². The van der Waals surface area contributed by atoms with E-state index in [1.807, 2.05) is 0 Å². The highest BCUT2D eigenvalue weighted by Crippen LogP contribution is 2.20. The van der Waals surface area contributed by atoms with Gasteiger partial charge in [0.25, 0.3) is 0 Å². The number of hydrogen-bond acceptors (Lipinski definition) is 0. The largest absolute Gasteiger partial charge is 0.0613 e. The van der Waals surface area contributed by atoms with Gasteiger partial charge in [0.15, 0.2) is 0 Å². The van der Waals surface area contributed by atoms with Gasteiger partial charge in [-0.2, -0.15) is 0 Å². The number of aryl methyl sites for hydroxylation is 1. The molecule has 0 atom stereocenters. The van der Waals surface area contributed by atoms with Crippen molar-refractivity contribution < 1.29 is 0 Å². The number of rotatable bonds is 3. The summed E-state index contributed by atoms with van der Waals surface area (Å²) < 4.78 is 0. The summed E-state index contributed by atoms with van der Waals surface area (Å²) in [7, 11) is 0. The summed E-state index contributed by atoms with van der Waals surface area (Å²) in [5.74, 6) is 0. The fourth-order valence-corrected chi connectivity index (χ4v) is 2.00. The minimum absolute atomic E-state index is 1.11. The van der Waals surface area contributed by atoms with Gasteiger partial charge < -0.3 is 0 Å². The molecule has 0 fully saturated rings. The molecular formula is C13H19. The topological polar surface area (TPSA) is 0 Å². The van der Waals surface area contributed by atoms with Gasteiger partial charge >= 0.3 is 0 Å². The van der Waals surface area contributed by atoms with Crippen LogP contribution in [0.2, 0.25) is 0 Å². The molecule has 0 amide bonds. The van der Waals surface area contributed by atoms with Gasteiger partial charge in [-0.1, -0.05) is 32.9 Å². The molecule has 0 aliphatic carbocycles. The van der Waals surface area contributed by atoms with E-state index in [0.717, 1.165) is 19.3 Å². The molecule has 71 valence electrons. The molecule has 0 heterocycles. The van der Waals surface area contributed by atoms with Crippen molar-refractivity contribution in [2.45, 2.75) is 40.0 Å². The molecule has 0 aliphatic rings. The highest BCUT2D eigenvalue weighted by molar-refractivity contribution is 5.42. The van der Waals surface area contributed by atoms with Crippen LogP contribution in [0.15, 0.2) is 12.1 Å². The second kappa shape index (κ2) is 4.45. The maximum absolute atomic E-state index is 4.08. The first-order valence-electron chi connectivity index (χ1n) is 5.20. The van der Waals surface area contributed by atoms with Crippen LogP contribution in [0.1, 0.15) is 43.0 Å². The lowest BCUT2D eigenvalue weighted by molar-refractivity contribution is 0.975. The predicted octanol–water partition coefficient (Wildman–Crippen LogP) is 3.56. The van der Waals surface area contributed by atoms with E-state index in [1.165, 1.54) is 22.3 Å². The van der Waals surface area contributed by atoms with Gasteiger partial charge in [-0.05, 0) is 48.4 Å². The normalized spacial score (nSPS) is 10.5. The second-order valence-electron chi connectivity index (χ2n) is 3.40. The summed E-state index contributed by atoms with van der Waals surface area (Å²) in [5, 5.41) is 0. The fraction of sp³-hybridized carbons (Fsp3) is 0.462. The van der Waals surface area contributed by atoms with Crippen LogP contribution in [-0.2, 0) is 19.3 Å². The summed E-state index contributed by atoms with van der Waals surface area (Å²) >= 11 is 0. The summed E-state index contributed by atoms with van der Waals surface area (Å²) in [4.78, 5) is 0. The van der Waals surface area contributed by atoms with Crippen molar-refractivity contribution in [1.29, 1.82) is 0 Å². The lowest BCUT2D eigenvalue weighted by Gasteiger charge is -2.13. The zero-order chi connectivity index (χ0) is 9.84. The van der Waals surface area contributed by atoms with Crippen LogP contribution in [0, 0.1) is 6.92 Å². The van der Waals surface area contributed by atoms with E-state index in [-0.39, 0.29) is 0 Å². The fourth-order valence-electron chi connectivity index (χ4n) is 2.00. The quantitative estimate of drug-likeness (QED) is 0.659. The van der Waals surface area contributed by atoms with Gasteiger partial charge in [-0.15, -0.1) is 0 Å². The summed E-state index contributed by atoms with van der Waals surface area (Å²) in [5.41, 5.74) is 5.68. The zero-order valence-electron chi connectivity index (χ0n) is 8.98. The molecule has 0 saturated heterocycles. The van der Waals surface area contributed by atoms with Crippen molar-refractivity contribution in [2.24, 2.45) is 0 Å². The van der Waals surface area contributed by atoms with Crippen molar-refractivity contribution >= 4 is 0 Å². The van der Waals surface area contributed by atoms with E-state index < -0.39 is 0 Å². The van der Waals surface area contributed by atoms with Crippen molar-refractivity contribution in [3.05, 3.63) is 41.3 Å². The predicted molar refractivity (Wildman–Crippen MR) is 59.0 cm³/mol. The monoisotopic (exact) mass is 175 g/mol. The number of hydrogen-bond donors (Lipinski definition) is 0. The molecule has 13 heavy (non-hydrogen) atoms. The first kappa shape index (κ1) is 10.3. The third kappa shape index (κ3) is 1.93. The van der Waals surface area contributed by atoms with Crippen LogP contribution in [0.4, 0.5) is 0 Å². The lowest BCUT2D eigenvalue weighted by atomic mass is 9.92. The first-order valence-corrected chi connectivity index (χ1v) is 5.20. The average Bonchev–Trinajstić information content (AvgIpc) is 2.17. The van der Waals surface area contributed by atoms with Crippen LogP contribution in [0.25, 0.3) is 0 Å². The minimum atomic E-state index is 1.11. The van der Waals surface area contributed by atoms with E-state index in [2.05, 4.69) is 39.8 Å². The molecule has 0 saturated carbocycles. The van der Waals surface area contributed by atoms with Gasteiger partial charge in [-0.25, -0.2) is 0 Å². The maximum Gasteiger partial charge on any atom is -0.0235 e. The molecule has 0 heteroatoms. The summed E-state index contributed by atoms with van der Waals surface area (Å²) in [6.07, 6.45) is 3.38. The Morgan fingerprint density at radius 2 is 1.54 bits per heavy atom. The van der Waals surface area contributed by atoms with Crippen LogP contribution in [0.5, 0.6) is 0 Å². The van der Waals surface area contributed by atoms with Crippen LogP contribution in [0.3, 0.4) is 0 Å². The Kier molecular flexibility index (Phi) is 3.53. The standard InChI is InChI=1S/C13H19/c1-5-11-9-8-10(4)12(6-2)13(11)7-3/h8-9H,4-7H2,1-3H3. The van der Waals surface area contributed by atoms with Crippen LogP contribution in [-0.4, -0.2) is 0 Å². The Labute approximate surface area is 82.0 Å². The molecule has 0 aliphatic heterocycles. The molecule has 0 spiro atoms. The third-order valence-corrected chi connectivity index (χ3v) is 2.71. The van der Waals surface area contributed by atoms with Crippen LogP contribution >= 0.6 is 0 Å². The Morgan fingerprint density at radius 3 is 2.00 bits per heavy atom. The Hall–Kier alpha value is -0.780. The molecule has 0 nitrogen and oxygen atoms in total. The van der Waals surface area contributed by atoms with Gasteiger partial charge in [0, 0.05) is 0 Å². The van der Waals surface area contributed by atoms with Gasteiger partial charge in [-0.3, -0.25) is 0 Å². The molecule has 1 rings (SSSR count). The third-order valence-electron chi connectivity index (χ3n) is 2.71. The van der Waals surface area contributed by atoms with Crippen molar-refractivity contribution in [1.82, 2.24) is 0 Å². The molecule has 0 unspecified atom stereocenters. The summed E-state index contributed by atoms with van der Waals surface area (Å²) in [6.45, 7) is 10.7. The summed E-state index contributed by atoms with van der Waals surface area (Å²) in [6, 6.07) is 4.37.